The highest BCUT2D eigenvalue weighted by molar-refractivity contribution is 6.06. The first-order chi connectivity index (χ1) is 15.6. The van der Waals surface area contributed by atoms with Gasteiger partial charge in [-0.25, -0.2) is 0 Å². The van der Waals surface area contributed by atoms with Gasteiger partial charge in [0.2, 0.25) is 5.91 Å². The molecule has 0 aromatic heterocycles. The highest BCUT2D eigenvalue weighted by Gasteiger charge is 2.76. The molecule has 1 fully saturated rings. The van der Waals surface area contributed by atoms with E-state index in [1.54, 1.807) is 0 Å². The Morgan fingerprint density at radius 3 is 1.44 bits per heavy atom. The van der Waals surface area contributed by atoms with Gasteiger partial charge < -0.3 is 4.90 Å². The molecule has 0 atom stereocenters. The van der Waals surface area contributed by atoms with Crippen LogP contribution >= 0.6 is 0 Å². The van der Waals surface area contributed by atoms with E-state index in [9.17, 15) is 4.79 Å². The number of carbonyl (C=O) groups is 1. The van der Waals surface area contributed by atoms with E-state index in [0.717, 1.165) is 11.1 Å². The first kappa shape index (κ1) is 19.1. The van der Waals surface area contributed by atoms with Crippen LogP contribution in [0.15, 0.2) is 109 Å². The summed E-state index contributed by atoms with van der Waals surface area (Å²) in [5.74, 6) is 0.163. The molecule has 2 heteroatoms. The first-order valence-corrected chi connectivity index (χ1v) is 11.3. The topological polar surface area (TPSA) is 20.3 Å². The minimum absolute atomic E-state index is 0.0576. The van der Waals surface area contributed by atoms with Crippen LogP contribution in [-0.2, 0) is 15.7 Å². The van der Waals surface area contributed by atoms with Gasteiger partial charge in [-0.15, -0.1) is 0 Å². The number of hydrogen-bond donors (Lipinski definition) is 0. The molecule has 1 amide bonds. The van der Waals surface area contributed by atoms with Gasteiger partial charge in [0, 0.05) is 6.04 Å². The van der Waals surface area contributed by atoms with Crippen molar-refractivity contribution in [2.75, 3.05) is 0 Å². The molecule has 1 aliphatic heterocycles. The maximum atomic E-state index is 14.4. The van der Waals surface area contributed by atoms with Crippen LogP contribution < -0.4 is 0 Å². The SMILES string of the molecule is CC(C)N1C(=O)C(c2ccccc2)(c2ccccc2)C12c1ccccc1-c1ccccc12. The summed E-state index contributed by atoms with van der Waals surface area (Å²) in [5.41, 5.74) is 5.51. The maximum Gasteiger partial charge on any atom is 0.242 e. The highest BCUT2D eigenvalue weighted by Crippen LogP contribution is 2.68. The number of carbonyl (C=O) groups excluding carboxylic acids is 1. The van der Waals surface area contributed by atoms with Gasteiger partial charge in [0.15, 0.2) is 0 Å². The van der Waals surface area contributed by atoms with Crippen LogP contribution in [0.25, 0.3) is 11.1 Å². The summed E-state index contributed by atoms with van der Waals surface area (Å²) in [6.45, 7) is 4.26. The highest BCUT2D eigenvalue weighted by atomic mass is 16.2. The Morgan fingerprint density at radius 2 is 1.00 bits per heavy atom. The zero-order valence-corrected chi connectivity index (χ0v) is 18.3. The van der Waals surface area contributed by atoms with E-state index in [1.165, 1.54) is 22.3 Å². The third kappa shape index (κ3) is 2.03. The van der Waals surface area contributed by atoms with Crippen LogP contribution in [0.4, 0.5) is 0 Å². The third-order valence-electron chi connectivity index (χ3n) is 7.30. The van der Waals surface area contributed by atoms with Crippen molar-refractivity contribution in [3.63, 3.8) is 0 Å². The zero-order valence-electron chi connectivity index (χ0n) is 18.3. The molecule has 4 aromatic carbocycles. The summed E-state index contributed by atoms with van der Waals surface area (Å²) in [4.78, 5) is 16.6. The minimum Gasteiger partial charge on any atom is -0.323 e. The van der Waals surface area contributed by atoms with Crippen molar-refractivity contribution in [1.82, 2.24) is 4.90 Å². The summed E-state index contributed by atoms with van der Waals surface area (Å²) in [6, 6.07) is 38.0. The minimum atomic E-state index is -0.831. The number of fused-ring (bicyclic) bond motifs is 5. The van der Waals surface area contributed by atoms with Crippen LogP contribution in [0.5, 0.6) is 0 Å². The number of hydrogen-bond acceptors (Lipinski definition) is 1. The fraction of sp³-hybridized carbons (Fsp3) is 0.167. The van der Waals surface area contributed by atoms with Gasteiger partial charge in [0.1, 0.15) is 11.0 Å². The standard InChI is InChI=1S/C30H25NO/c1-21(2)31-28(32)29(22-13-5-3-6-14-22,23-15-7-4-8-16-23)30(31)26-19-11-9-17-24(26)25-18-10-12-20-27(25)30/h3-21H,1-2H3. The molecule has 2 aliphatic rings. The van der Waals surface area contributed by atoms with E-state index >= 15 is 0 Å². The van der Waals surface area contributed by atoms with Crippen LogP contribution in [0, 0.1) is 0 Å². The van der Waals surface area contributed by atoms with Crippen LogP contribution in [0.3, 0.4) is 0 Å². The molecule has 0 unspecified atom stereocenters. The molecule has 1 aliphatic carbocycles. The molecule has 1 saturated heterocycles. The van der Waals surface area contributed by atoms with Gasteiger partial charge in [0.05, 0.1) is 0 Å². The Labute approximate surface area is 189 Å². The number of rotatable bonds is 3. The Hall–Kier alpha value is -3.65. The summed E-state index contributed by atoms with van der Waals surface area (Å²) in [5, 5.41) is 0. The smallest absolute Gasteiger partial charge is 0.242 e. The second-order valence-electron chi connectivity index (χ2n) is 9.05. The van der Waals surface area contributed by atoms with Crippen molar-refractivity contribution in [3.05, 3.63) is 131 Å². The number of amides is 1. The molecule has 1 spiro atoms. The number of benzene rings is 4. The Balaban J connectivity index is 1.82. The average molecular weight is 416 g/mol. The van der Waals surface area contributed by atoms with E-state index in [0.29, 0.717) is 0 Å². The average Bonchev–Trinajstić information content (AvgIpc) is 3.13. The second kappa shape index (κ2) is 6.67. The molecule has 4 aromatic rings. The fourth-order valence-electron chi connectivity index (χ4n) is 6.32. The van der Waals surface area contributed by atoms with E-state index in [-0.39, 0.29) is 11.9 Å². The predicted octanol–water partition coefficient (Wildman–Crippen LogP) is 6.15. The molecule has 0 saturated carbocycles. The molecule has 0 bridgehead atoms. The lowest BCUT2D eigenvalue weighted by Crippen LogP contribution is -2.79. The van der Waals surface area contributed by atoms with E-state index in [4.69, 9.17) is 0 Å². The molecular formula is C30H25NO. The van der Waals surface area contributed by atoms with Gasteiger partial charge in [-0.1, -0.05) is 109 Å². The first-order valence-electron chi connectivity index (χ1n) is 11.3. The number of likely N-dealkylation sites (tertiary alicyclic amines) is 1. The Kier molecular flexibility index (Phi) is 3.98. The quantitative estimate of drug-likeness (QED) is 0.368. The lowest BCUT2D eigenvalue weighted by atomic mass is 9.50. The van der Waals surface area contributed by atoms with Crippen LogP contribution in [0.2, 0.25) is 0 Å². The van der Waals surface area contributed by atoms with Crippen LogP contribution in [0.1, 0.15) is 36.1 Å². The summed E-state index contributed by atoms with van der Waals surface area (Å²) in [6.07, 6.45) is 0. The van der Waals surface area contributed by atoms with Crippen molar-refractivity contribution in [2.24, 2.45) is 0 Å². The predicted molar refractivity (Wildman–Crippen MR) is 128 cm³/mol. The molecule has 0 radical (unpaired) electrons. The van der Waals surface area contributed by atoms with Gasteiger partial charge in [0.25, 0.3) is 0 Å². The summed E-state index contributed by atoms with van der Waals surface area (Å²) < 4.78 is 0. The zero-order chi connectivity index (χ0) is 21.9. The molecule has 156 valence electrons. The Morgan fingerprint density at radius 1 is 0.594 bits per heavy atom. The number of nitrogens with zero attached hydrogens (tertiary/aromatic N) is 1. The molecular weight excluding hydrogens is 390 g/mol. The van der Waals surface area contributed by atoms with Crippen LogP contribution in [-0.4, -0.2) is 16.8 Å². The lowest BCUT2D eigenvalue weighted by molar-refractivity contribution is -0.173. The van der Waals surface area contributed by atoms with Gasteiger partial charge in [-0.05, 0) is 47.2 Å². The molecule has 2 nitrogen and oxygen atoms in total. The molecule has 0 N–H and O–H groups in total. The van der Waals surface area contributed by atoms with Gasteiger partial charge >= 0.3 is 0 Å². The van der Waals surface area contributed by atoms with Crippen molar-refractivity contribution < 1.29 is 4.79 Å². The fourth-order valence-corrected chi connectivity index (χ4v) is 6.32. The summed E-state index contributed by atoms with van der Waals surface area (Å²) in [7, 11) is 0. The normalized spacial score (nSPS) is 17.2. The van der Waals surface area contributed by atoms with E-state index < -0.39 is 11.0 Å². The molecule has 32 heavy (non-hydrogen) atoms. The monoisotopic (exact) mass is 415 g/mol. The second-order valence-corrected chi connectivity index (χ2v) is 9.05. The van der Waals surface area contributed by atoms with Crippen molar-refractivity contribution in [1.29, 1.82) is 0 Å². The van der Waals surface area contributed by atoms with Gasteiger partial charge in [-0.3, -0.25) is 4.79 Å². The largest absolute Gasteiger partial charge is 0.323 e. The summed E-state index contributed by atoms with van der Waals surface area (Å²) >= 11 is 0. The maximum absolute atomic E-state index is 14.4. The lowest BCUT2D eigenvalue weighted by Gasteiger charge is -2.66. The Bertz CT molecular complexity index is 1240. The third-order valence-corrected chi connectivity index (χ3v) is 7.30. The molecule has 6 rings (SSSR count). The van der Waals surface area contributed by atoms with Crippen molar-refractivity contribution in [3.8, 4) is 11.1 Å². The van der Waals surface area contributed by atoms with Gasteiger partial charge in [-0.2, -0.15) is 0 Å². The number of β-lactam (4-membered cyclic amide) rings is 1. The van der Waals surface area contributed by atoms with E-state index in [1.807, 2.05) is 36.4 Å². The molecule has 1 heterocycles. The van der Waals surface area contributed by atoms with E-state index in [2.05, 4.69) is 91.5 Å². The van der Waals surface area contributed by atoms with Crippen molar-refractivity contribution >= 4 is 5.91 Å². The van der Waals surface area contributed by atoms with Crippen molar-refractivity contribution in [2.45, 2.75) is 30.8 Å².